The van der Waals surface area contributed by atoms with E-state index in [9.17, 15) is 13.2 Å². The van der Waals surface area contributed by atoms with Gasteiger partial charge in [-0.25, -0.2) is 0 Å². The third kappa shape index (κ3) is 4.90. The van der Waals surface area contributed by atoms with Gasteiger partial charge in [0.05, 0.1) is 17.7 Å². The number of halogens is 3. The van der Waals surface area contributed by atoms with Gasteiger partial charge in [-0.15, -0.1) is 0 Å². The molecule has 0 aliphatic rings. The summed E-state index contributed by atoms with van der Waals surface area (Å²) < 4.78 is 43.6. The molecule has 122 valence electrons. The molecular formula is C17H22F3NO. The first-order chi connectivity index (χ1) is 10.4. The lowest BCUT2D eigenvalue weighted by Crippen LogP contribution is -2.05. The van der Waals surface area contributed by atoms with Gasteiger partial charge in [0.2, 0.25) is 0 Å². The van der Waals surface area contributed by atoms with Gasteiger partial charge in [-0.2, -0.15) is 13.2 Å². The van der Waals surface area contributed by atoms with Gasteiger partial charge in [0.15, 0.2) is 0 Å². The minimum absolute atomic E-state index is 0.293. The minimum atomic E-state index is -4.36. The predicted octanol–water partition coefficient (Wildman–Crippen LogP) is 5.70. The Morgan fingerprint density at radius 3 is 2.41 bits per heavy atom. The molecular weight excluding hydrogens is 291 g/mol. The Morgan fingerprint density at radius 1 is 1.14 bits per heavy atom. The number of hydrogen-bond donors (Lipinski definition) is 0. The molecule has 1 aromatic heterocycles. The molecule has 1 heterocycles. The summed E-state index contributed by atoms with van der Waals surface area (Å²) in [5, 5.41) is 0.601. The molecule has 2 rings (SSSR count). The Hall–Kier alpha value is -1.78. The SMILES string of the molecule is CC.CC(C)CCOc1ccnc2cc(C(F)(F)F)ccc12. The fourth-order valence-electron chi connectivity index (χ4n) is 1.83. The van der Waals surface area contributed by atoms with Gasteiger partial charge in [0, 0.05) is 11.6 Å². The smallest absolute Gasteiger partial charge is 0.416 e. The molecule has 22 heavy (non-hydrogen) atoms. The van der Waals surface area contributed by atoms with Crippen molar-refractivity contribution >= 4 is 10.9 Å². The molecule has 0 saturated carbocycles. The van der Waals surface area contributed by atoms with Crippen LogP contribution in [0.15, 0.2) is 30.5 Å². The Kier molecular flexibility index (Phi) is 6.65. The van der Waals surface area contributed by atoms with Gasteiger partial charge in [-0.1, -0.05) is 27.7 Å². The van der Waals surface area contributed by atoms with E-state index in [0.29, 0.717) is 29.2 Å². The number of aromatic nitrogens is 1. The van der Waals surface area contributed by atoms with Gasteiger partial charge >= 0.3 is 6.18 Å². The normalized spacial score (nSPS) is 11.3. The van der Waals surface area contributed by atoms with Crippen molar-refractivity contribution in [3.8, 4) is 5.75 Å². The summed E-state index contributed by atoms with van der Waals surface area (Å²) in [5.74, 6) is 1.09. The maximum Gasteiger partial charge on any atom is 0.416 e. The second-order valence-corrected chi connectivity index (χ2v) is 5.07. The van der Waals surface area contributed by atoms with Crippen LogP contribution in [0.2, 0.25) is 0 Å². The summed E-state index contributed by atoms with van der Waals surface area (Å²) in [7, 11) is 0. The summed E-state index contributed by atoms with van der Waals surface area (Å²) in [6.07, 6.45) is -2.00. The Morgan fingerprint density at radius 2 is 1.82 bits per heavy atom. The zero-order chi connectivity index (χ0) is 16.8. The van der Waals surface area contributed by atoms with E-state index in [0.717, 1.165) is 18.6 Å². The molecule has 0 N–H and O–H groups in total. The zero-order valence-corrected chi connectivity index (χ0v) is 13.4. The van der Waals surface area contributed by atoms with E-state index in [1.807, 2.05) is 13.8 Å². The van der Waals surface area contributed by atoms with Crippen LogP contribution >= 0.6 is 0 Å². The lowest BCUT2D eigenvalue weighted by Gasteiger charge is -2.12. The summed E-state index contributed by atoms with van der Waals surface area (Å²) in [5.41, 5.74) is -0.404. The van der Waals surface area contributed by atoms with Crippen LogP contribution in [-0.4, -0.2) is 11.6 Å². The highest BCUT2D eigenvalue weighted by molar-refractivity contribution is 5.85. The molecule has 0 radical (unpaired) electrons. The van der Waals surface area contributed by atoms with Crippen LogP contribution < -0.4 is 4.74 Å². The largest absolute Gasteiger partial charge is 0.493 e. The molecule has 1 aromatic carbocycles. The summed E-state index contributed by atoms with van der Waals surface area (Å²) in [6.45, 7) is 8.71. The number of pyridine rings is 1. The first kappa shape index (κ1) is 18.3. The monoisotopic (exact) mass is 313 g/mol. The predicted molar refractivity (Wildman–Crippen MR) is 83.0 cm³/mol. The molecule has 0 spiro atoms. The average Bonchev–Trinajstić information content (AvgIpc) is 2.47. The third-order valence-electron chi connectivity index (χ3n) is 2.98. The van der Waals surface area contributed by atoms with E-state index in [4.69, 9.17) is 4.74 Å². The minimum Gasteiger partial charge on any atom is -0.493 e. The average molecular weight is 313 g/mol. The first-order valence-corrected chi connectivity index (χ1v) is 7.46. The lowest BCUT2D eigenvalue weighted by atomic mass is 10.1. The van der Waals surface area contributed by atoms with Crippen LogP contribution in [-0.2, 0) is 6.18 Å². The zero-order valence-electron chi connectivity index (χ0n) is 13.4. The quantitative estimate of drug-likeness (QED) is 0.722. The molecule has 0 saturated heterocycles. The van der Waals surface area contributed by atoms with Crippen molar-refractivity contribution in [2.24, 2.45) is 5.92 Å². The van der Waals surface area contributed by atoms with Crippen molar-refractivity contribution in [1.82, 2.24) is 4.98 Å². The van der Waals surface area contributed by atoms with Gasteiger partial charge in [0.25, 0.3) is 0 Å². The maximum absolute atomic E-state index is 12.6. The van der Waals surface area contributed by atoms with Crippen molar-refractivity contribution < 1.29 is 17.9 Å². The van der Waals surface area contributed by atoms with Crippen LogP contribution in [0.5, 0.6) is 5.75 Å². The number of benzene rings is 1. The van der Waals surface area contributed by atoms with Gasteiger partial charge in [-0.05, 0) is 36.6 Å². The molecule has 0 bridgehead atoms. The van der Waals surface area contributed by atoms with Gasteiger partial charge < -0.3 is 4.74 Å². The van der Waals surface area contributed by atoms with Crippen molar-refractivity contribution in [1.29, 1.82) is 0 Å². The van der Waals surface area contributed by atoms with E-state index in [2.05, 4.69) is 18.8 Å². The standard InChI is InChI=1S/C15H16F3NO.C2H6/c1-10(2)6-8-20-14-5-7-19-13-9-11(15(16,17)18)3-4-12(13)14;1-2/h3-5,7,9-10H,6,8H2,1-2H3;1-2H3. The van der Waals surface area contributed by atoms with Crippen LogP contribution in [0, 0.1) is 5.92 Å². The molecule has 2 nitrogen and oxygen atoms in total. The lowest BCUT2D eigenvalue weighted by molar-refractivity contribution is -0.137. The van der Waals surface area contributed by atoms with E-state index in [1.165, 1.54) is 12.3 Å². The van der Waals surface area contributed by atoms with Gasteiger partial charge in [0.1, 0.15) is 5.75 Å². The fraction of sp³-hybridized carbons (Fsp3) is 0.471. The van der Waals surface area contributed by atoms with Gasteiger partial charge in [-0.3, -0.25) is 4.98 Å². The molecule has 2 aromatic rings. The Bertz CT molecular complexity index is 594. The number of hydrogen-bond acceptors (Lipinski definition) is 2. The van der Waals surface area contributed by atoms with Crippen molar-refractivity contribution in [3.63, 3.8) is 0 Å². The summed E-state index contributed by atoms with van der Waals surface area (Å²) in [6, 6.07) is 5.19. The second-order valence-electron chi connectivity index (χ2n) is 5.07. The van der Waals surface area contributed by atoms with Crippen molar-refractivity contribution in [2.75, 3.05) is 6.61 Å². The molecule has 0 fully saturated rings. The first-order valence-electron chi connectivity index (χ1n) is 7.46. The number of rotatable bonds is 4. The molecule has 0 unspecified atom stereocenters. The summed E-state index contributed by atoms with van der Waals surface area (Å²) >= 11 is 0. The second kappa shape index (κ2) is 8.01. The Labute approximate surface area is 129 Å². The van der Waals surface area contributed by atoms with Crippen molar-refractivity contribution in [3.05, 3.63) is 36.0 Å². The van der Waals surface area contributed by atoms with E-state index in [-0.39, 0.29) is 0 Å². The molecule has 5 heteroatoms. The highest BCUT2D eigenvalue weighted by Crippen LogP contribution is 2.33. The molecule has 0 atom stereocenters. The number of alkyl halides is 3. The topological polar surface area (TPSA) is 22.1 Å². The van der Waals surface area contributed by atoms with Crippen LogP contribution in [0.25, 0.3) is 10.9 Å². The van der Waals surface area contributed by atoms with E-state index >= 15 is 0 Å². The molecule has 0 aliphatic heterocycles. The number of ether oxygens (including phenoxy) is 1. The Balaban J connectivity index is 0.00000116. The van der Waals surface area contributed by atoms with Crippen LogP contribution in [0.3, 0.4) is 0 Å². The number of fused-ring (bicyclic) bond motifs is 1. The molecule has 0 amide bonds. The van der Waals surface area contributed by atoms with Crippen LogP contribution in [0.4, 0.5) is 13.2 Å². The maximum atomic E-state index is 12.6. The fourth-order valence-corrected chi connectivity index (χ4v) is 1.83. The number of nitrogens with zero attached hydrogens (tertiary/aromatic N) is 1. The summed E-state index contributed by atoms with van der Waals surface area (Å²) in [4.78, 5) is 3.98. The molecule has 0 aliphatic carbocycles. The van der Waals surface area contributed by atoms with Crippen LogP contribution in [0.1, 0.15) is 39.7 Å². The van der Waals surface area contributed by atoms with E-state index in [1.54, 1.807) is 6.07 Å². The third-order valence-corrected chi connectivity index (χ3v) is 2.98. The highest BCUT2D eigenvalue weighted by atomic mass is 19.4. The van der Waals surface area contributed by atoms with Crippen molar-refractivity contribution in [2.45, 2.75) is 40.3 Å². The van der Waals surface area contributed by atoms with E-state index < -0.39 is 11.7 Å². The highest BCUT2D eigenvalue weighted by Gasteiger charge is 2.30.